The maximum Gasteiger partial charge on any atom is 0.235 e. The van der Waals surface area contributed by atoms with Crippen molar-refractivity contribution in [3.63, 3.8) is 0 Å². The van der Waals surface area contributed by atoms with Crippen molar-refractivity contribution < 1.29 is 13.6 Å². The molecule has 2 rings (SSSR count). The Hall–Kier alpha value is -1.25. The normalized spacial score (nSPS) is 17.0. The van der Waals surface area contributed by atoms with Crippen molar-refractivity contribution in [2.75, 3.05) is 0 Å². The highest BCUT2D eigenvalue weighted by Gasteiger charge is 2.48. The number of halogens is 3. The number of rotatable bonds is 2. The molecule has 0 bridgehead atoms. The summed E-state index contributed by atoms with van der Waals surface area (Å²) >= 11 is 5.65. The first kappa shape index (κ1) is 10.3. The fourth-order valence-corrected chi connectivity index (χ4v) is 1.91. The van der Waals surface area contributed by atoms with E-state index in [0.29, 0.717) is 12.8 Å². The quantitative estimate of drug-likeness (QED) is 0.436. The van der Waals surface area contributed by atoms with Gasteiger partial charge in [-0.05, 0) is 25.0 Å². The predicted molar refractivity (Wildman–Crippen MR) is 50.4 cm³/mol. The maximum absolute atomic E-state index is 13.4. The van der Waals surface area contributed by atoms with Gasteiger partial charge in [0.25, 0.3) is 0 Å². The van der Waals surface area contributed by atoms with Gasteiger partial charge in [0.05, 0.1) is 5.02 Å². The lowest BCUT2D eigenvalue weighted by molar-refractivity contribution is 0.541. The highest BCUT2D eigenvalue weighted by molar-refractivity contribution is 6.31. The lowest BCUT2D eigenvalue weighted by atomic mass is 10.0. The molecule has 0 aliphatic heterocycles. The third-order valence-electron chi connectivity index (χ3n) is 2.49. The summed E-state index contributed by atoms with van der Waals surface area (Å²) in [7, 11) is 0. The molecule has 0 saturated heterocycles. The number of hydrogen-bond acceptors (Lipinski definition) is 2. The van der Waals surface area contributed by atoms with Gasteiger partial charge in [0.2, 0.25) is 6.08 Å². The molecule has 0 heterocycles. The number of benzene rings is 1. The summed E-state index contributed by atoms with van der Waals surface area (Å²) in [6, 6.07) is 1.93. The van der Waals surface area contributed by atoms with Crippen LogP contribution < -0.4 is 0 Å². The van der Waals surface area contributed by atoms with Crippen molar-refractivity contribution in [2.24, 2.45) is 4.99 Å². The second-order valence-electron chi connectivity index (χ2n) is 3.45. The van der Waals surface area contributed by atoms with Crippen molar-refractivity contribution in [3.8, 4) is 0 Å². The molecule has 78 valence electrons. The van der Waals surface area contributed by atoms with Crippen molar-refractivity contribution in [3.05, 3.63) is 34.4 Å². The van der Waals surface area contributed by atoms with E-state index in [2.05, 4.69) is 4.99 Å². The van der Waals surface area contributed by atoms with Gasteiger partial charge in [0.1, 0.15) is 17.2 Å². The van der Waals surface area contributed by atoms with Crippen LogP contribution >= 0.6 is 11.6 Å². The average molecular weight is 230 g/mol. The Morgan fingerprint density at radius 2 is 1.93 bits per heavy atom. The van der Waals surface area contributed by atoms with Crippen LogP contribution in [-0.4, -0.2) is 6.08 Å². The number of hydrogen-bond donors (Lipinski definition) is 0. The van der Waals surface area contributed by atoms with E-state index in [-0.39, 0.29) is 10.6 Å². The summed E-state index contributed by atoms with van der Waals surface area (Å²) in [5.74, 6) is -1.35. The molecule has 0 aromatic heterocycles. The molecule has 0 spiro atoms. The molecule has 1 aromatic rings. The summed E-state index contributed by atoms with van der Waals surface area (Å²) in [4.78, 5) is 13.7. The minimum atomic E-state index is -0.981. The molecule has 0 amide bonds. The molecule has 0 radical (unpaired) electrons. The molecular weight excluding hydrogens is 224 g/mol. The fourth-order valence-electron chi connectivity index (χ4n) is 1.58. The van der Waals surface area contributed by atoms with Crippen LogP contribution in [0.5, 0.6) is 0 Å². The van der Waals surface area contributed by atoms with Crippen LogP contribution in [0.1, 0.15) is 18.4 Å². The third-order valence-corrected chi connectivity index (χ3v) is 2.86. The van der Waals surface area contributed by atoms with Crippen molar-refractivity contribution >= 4 is 17.7 Å². The van der Waals surface area contributed by atoms with Gasteiger partial charge < -0.3 is 0 Å². The van der Waals surface area contributed by atoms with Crippen LogP contribution in [0.2, 0.25) is 5.02 Å². The predicted octanol–water partition coefficient (Wildman–Crippen LogP) is 2.94. The fraction of sp³-hybridized carbons (Fsp3) is 0.300. The zero-order valence-electron chi connectivity index (χ0n) is 7.56. The minimum Gasteiger partial charge on any atom is -0.211 e. The Kier molecular flexibility index (Phi) is 2.33. The van der Waals surface area contributed by atoms with Crippen molar-refractivity contribution in [1.29, 1.82) is 0 Å². The van der Waals surface area contributed by atoms with E-state index >= 15 is 0 Å². The Morgan fingerprint density at radius 3 is 2.47 bits per heavy atom. The Morgan fingerprint density at radius 1 is 1.33 bits per heavy atom. The van der Waals surface area contributed by atoms with E-state index in [1.807, 2.05) is 0 Å². The molecule has 1 saturated carbocycles. The third kappa shape index (κ3) is 1.56. The standard InChI is InChI=1S/C10H6ClF2NO/c11-9-7(13)2-1-6(12)8(9)10(3-4-10)14-5-15/h1-2H,3-4H2. The Labute approximate surface area is 89.6 Å². The van der Waals surface area contributed by atoms with E-state index in [1.54, 1.807) is 0 Å². The summed E-state index contributed by atoms with van der Waals surface area (Å²) in [6.45, 7) is 0. The molecule has 1 aliphatic carbocycles. The topological polar surface area (TPSA) is 29.4 Å². The molecule has 5 heteroatoms. The van der Waals surface area contributed by atoms with Crippen LogP contribution in [0.3, 0.4) is 0 Å². The summed E-state index contributed by atoms with van der Waals surface area (Å²) in [5, 5.41) is -0.300. The van der Waals surface area contributed by atoms with Gasteiger partial charge in [-0.2, -0.15) is 4.99 Å². The average Bonchev–Trinajstić information content (AvgIpc) is 2.94. The SMILES string of the molecule is O=C=NC1(c2c(F)ccc(F)c2Cl)CC1. The minimum absolute atomic E-state index is 0.0347. The molecule has 1 aromatic carbocycles. The van der Waals surface area contributed by atoms with Gasteiger partial charge in [0.15, 0.2) is 0 Å². The van der Waals surface area contributed by atoms with Crippen LogP contribution in [-0.2, 0) is 10.3 Å². The maximum atomic E-state index is 13.4. The van der Waals surface area contributed by atoms with Crippen LogP contribution in [0.15, 0.2) is 17.1 Å². The zero-order valence-corrected chi connectivity index (χ0v) is 8.31. The first-order chi connectivity index (χ1) is 7.10. The molecular formula is C10H6ClF2NO. The first-order valence-electron chi connectivity index (χ1n) is 4.34. The zero-order chi connectivity index (χ0) is 11.1. The summed E-state index contributed by atoms with van der Waals surface area (Å²) in [5.41, 5.74) is -1.02. The summed E-state index contributed by atoms with van der Waals surface area (Å²) < 4.78 is 26.6. The van der Waals surface area contributed by atoms with E-state index in [1.165, 1.54) is 6.08 Å². The monoisotopic (exact) mass is 229 g/mol. The van der Waals surface area contributed by atoms with Gasteiger partial charge in [0, 0.05) is 5.56 Å². The van der Waals surface area contributed by atoms with Gasteiger partial charge in [-0.1, -0.05) is 11.6 Å². The number of carbonyl (C=O) groups excluding carboxylic acids is 1. The van der Waals surface area contributed by atoms with Crippen molar-refractivity contribution in [1.82, 2.24) is 0 Å². The van der Waals surface area contributed by atoms with Crippen molar-refractivity contribution in [2.45, 2.75) is 18.4 Å². The molecule has 0 unspecified atom stereocenters. The molecule has 1 aliphatic rings. The largest absolute Gasteiger partial charge is 0.235 e. The van der Waals surface area contributed by atoms with E-state index < -0.39 is 17.2 Å². The second kappa shape index (κ2) is 3.40. The van der Waals surface area contributed by atoms with Gasteiger partial charge in [-0.3, -0.25) is 0 Å². The second-order valence-corrected chi connectivity index (χ2v) is 3.83. The van der Waals surface area contributed by atoms with Crippen LogP contribution in [0, 0.1) is 11.6 Å². The number of aliphatic imine (C=N–C) groups is 1. The van der Waals surface area contributed by atoms with Crippen LogP contribution in [0.25, 0.3) is 0 Å². The lowest BCUT2D eigenvalue weighted by Crippen LogP contribution is -2.07. The highest BCUT2D eigenvalue weighted by atomic mass is 35.5. The molecule has 0 N–H and O–H groups in total. The Bertz CT molecular complexity index is 465. The number of nitrogens with zero attached hydrogens (tertiary/aromatic N) is 1. The van der Waals surface area contributed by atoms with E-state index in [4.69, 9.17) is 11.6 Å². The molecule has 1 fully saturated rings. The Balaban J connectivity index is 2.62. The summed E-state index contributed by atoms with van der Waals surface area (Å²) in [6.07, 6.45) is 2.35. The smallest absolute Gasteiger partial charge is 0.211 e. The molecule has 15 heavy (non-hydrogen) atoms. The van der Waals surface area contributed by atoms with E-state index in [9.17, 15) is 13.6 Å². The highest BCUT2D eigenvalue weighted by Crippen LogP contribution is 2.52. The van der Waals surface area contributed by atoms with Gasteiger partial charge in [-0.25, -0.2) is 13.6 Å². The lowest BCUT2D eigenvalue weighted by Gasteiger charge is -2.11. The first-order valence-corrected chi connectivity index (χ1v) is 4.71. The molecule has 0 atom stereocenters. The van der Waals surface area contributed by atoms with Crippen LogP contribution in [0.4, 0.5) is 8.78 Å². The van der Waals surface area contributed by atoms with Gasteiger partial charge in [-0.15, -0.1) is 0 Å². The number of isocyanates is 1. The van der Waals surface area contributed by atoms with E-state index in [0.717, 1.165) is 12.1 Å². The molecule has 2 nitrogen and oxygen atoms in total. The van der Waals surface area contributed by atoms with Gasteiger partial charge >= 0.3 is 0 Å².